The molecule has 32 heavy (non-hydrogen) atoms. The highest BCUT2D eigenvalue weighted by Gasteiger charge is 2.50. The number of hydrogen-bond donors (Lipinski definition) is 2. The summed E-state index contributed by atoms with van der Waals surface area (Å²) in [7, 11) is 0. The molecule has 162 valence electrons. The van der Waals surface area contributed by atoms with Crippen LogP contribution in [-0.2, 0) is 16.9 Å². The number of carbonyl (C=O) groups excluding carboxylic acids is 3. The molecule has 8 heteroatoms. The molecule has 2 N–H and O–H groups in total. The molecule has 0 aromatic heterocycles. The Kier molecular flexibility index (Phi) is 5.41. The molecule has 0 spiro atoms. The molecule has 0 unspecified atom stereocenters. The Morgan fingerprint density at radius 1 is 1.22 bits per heavy atom. The zero-order valence-corrected chi connectivity index (χ0v) is 17.3. The largest absolute Gasteiger partial charge is 0.481 e. The van der Waals surface area contributed by atoms with Crippen molar-refractivity contribution in [2.75, 3.05) is 13.2 Å². The number of ether oxygens (including phenoxy) is 1. The van der Waals surface area contributed by atoms with E-state index in [0.717, 1.165) is 11.1 Å². The molecule has 1 atom stereocenters. The topological polar surface area (TPSA) is 87.7 Å². The number of hydrogen-bond acceptors (Lipinski definition) is 4. The molecule has 2 aromatic rings. The van der Waals surface area contributed by atoms with Gasteiger partial charge in [-0.05, 0) is 54.0 Å². The SMILES string of the molecule is C=C(C)C#CCOc1ccc2c(c1)CN(C[C@@]1(c3ccc(F)cc3)NC(=O)NC1=O)C2=O. The number of urea groups is 1. The molecule has 2 aromatic carbocycles. The molecule has 2 heterocycles. The third-order valence-corrected chi connectivity index (χ3v) is 5.27. The first kappa shape index (κ1) is 21.1. The van der Waals surface area contributed by atoms with Gasteiger partial charge in [0.2, 0.25) is 0 Å². The van der Waals surface area contributed by atoms with Gasteiger partial charge in [-0.1, -0.05) is 30.6 Å². The Hall–Kier alpha value is -4.12. The molecule has 0 saturated carbocycles. The van der Waals surface area contributed by atoms with Crippen molar-refractivity contribution in [3.63, 3.8) is 0 Å². The quantitative estimate of drug-likeness (QED) is 0.560. The van der Waals surface area contributed by atoms with Gasteiger partial charge in [-0.15, -0.1) is 0 Å². The summed E-state index contributed by atoms with van der Waals surface area (Å²) in [5.41, 5.74) is 0.830. The second kappa shape index (κ2) is 8.19. The lowest BCUT2D eigenvalue weighted by Crippen LogP contribution is -2.52. The number of allylic oxidation sites excluding steroid dienone is 1. The van der Waals surface area contributed by atoms with Crippen LogP contribution in [0.15, 0.2) is 54.6 Å². The number of carbonyl (C=O) groups is 3. The molecule has 1 fully saturated rings. The fourth-order valence-electron chi connectivity index (χ4n) is 3.80. The number of nitrogens with one attached hydrogen (secondary N) is 2. The highest BCUT2D eigenvalue weighted by atomic mass is 19.1. The Labute approximate surface area is 184 Å². The predicted octanol–water partition coefficient (Wildman–Crippen LogP) is 2.47. The lowest BCUT2D eigenvalue weighted by molar-refractivity contribution is -0.124. The molecule has 2 aliphatic rings. The molecule has 1 saturated heterocycles. The lowest BCUT2D eigenvalue weighted by atomic mass is 9.89. The molecule has 0 bridgehead atoms. The van der Waals surface area contributed by atoms with Gasteiger partial charge in [0.15, 0.2) is 5.54 Å². The van der Waals surface area contributed by atoms with Crippen molar-refractivity contribution in [3.05, 3.63) is 77.1 Å². The maximum atomic E-state index is 13.4. The van der Waals surface area contributed by atoms with E-state index in [1.54, 1.807) is 25.1 Å². The lowest BCUT2D eigenvalue weighted by Gasteiger charge is -2.31. The summed E-state index contributed by atoms with van der Waals surface area (Å²) in [6.45, 7) is 5.81. The number of fused-ring (bicyclic) bond motifs is 1. The number of nitrogens with zero attached hydrogens (tertiary/aromatic N) is 1. The van der Waals surface area contributed by atoms with Crippen LogP contribution in [0.5, 0.6) is 5.75 Å². The first-order valence-electron chi connectivity index (χ1n) is 9.87. The van der Waals surface area contributed by atoms with Crippen molar-refractivity contribution in [1.29, 1.82) is 0 Å². The number of halogens is 1. The third kappa shape index (κ3) is 3.93. The van der Waals surface area contributed by atoms with Crippen molar-refractivity contribution in [2.24, 2.45) is 0 Å². The normalized spacial score (nSPS) is 19.1. The van der Waals surface area contributed by atoms with Crippen LogP contribution in [0.3, 0.4) is 0 Å². The highest BCUT2D eigenvalue weighted by molar-refractivity contribution is 6.08. The molecule has 7 nitrogen and oxygen atoms in total. The van der Waals surface area contributed by atoms with Crippen LogP contribution in [0.2, 0.25) is 0 Å². The minimum Gasteiger partial charge on any atom is -0.481 e. The summed E-state index contributed by atoms with van der Waals surface area (Å²) in [6, 6.07) is 9.69. The van der Waals surface area contributed by atoms with Gasteiger partial charge >= 0.3 is 6.03 Å². The van der Waals surface area contributed by atoms with Crippen LogP contribution in [-0.4, -0.2) is 35.9 Å². The number of benzene rings is 2. The first-order chi connectivity index (χ1) is 15.3. The van der Waals surface area contributed by atoms with Gasteiger partial charge in [0.05, 0.1) is 6.54 Å². The minimum atomic E-state index is -1.51. The zero-order chi connectivity index (χ0) is 22.9. The van der Waals surface area contributed by atoms with Crippen LogP contribution in [0.4, 0.5) is 9.18 Å². The average Bonchev–Trinajstić information content (AvgIpc) is 3.21. The Morgan fingerprint density at radius 3 is 2.62 bits per heavy atom. The monoisotopic (exact) mass is 433 g/mol. The van der Waals surface area contributed by atoms with E-state index in [0.29, 0.717) is 16.9 Å². The highest BCUT2D eigenvalue weighted by Crippen LogP contribution is 2.32. The molecular weight excluding hydrogens is 413 g/mol. The summed E-state index contributed by atoms with van der Waals surface area (Å²) in [6.07, 6.45) is 0. The summed E-state index contributed by atoms with van der Waals surface area (Å²) < 4.78 is 19.0. The van der Waals surface area contributed by atoms with E-state index < -0.39 is 23.3 Å². The fourth-order valence-corrected chi connectivity index (χ4v) is 3.80. The molecular formula is C24H20FN3O4. The van der Waals surface area contributed by atoms with Gasteiger partial charge < -0.3 is 15.0 Å². The second-order valence-corrected chi connectivity index (χ2v) is 7.67. The number of imide groups is 1. The van der Waals surface area contributed by atoms with Crippen LogP contribution in [0.25, 0.3) is 0 Å². The Bertz CT molecular complexity index is 1200. The van der Waals surface area contributed by atoms with Gasteiger partial charge in [0.25, 0.3) is 11.8 Å². The molecule has 0 aliphatic carbocycles. The van der Waals surface area contributed by atoms with Crippen molar-refractivity contribution in [1.82, 2.24) is 15.5 Å². The van der Waals surface area contributed by atoms with Gasteiger partial charge in [0, 0.05) is 12.1 Å². The summed E-state index contributed by atoms with van der Waals surface area (Å²) in [5, 5.41) is 4.84. The van der Waals surface area contributed by atoms with E-state index in [1.165, 1.54) is 29.2 Å². The first-order valence-corrected chi connectivity index (χ1v) is 9.87. The maximum Gasteiger partial charge on any atom is 0.322 e. The van der Waals surface area contributed by atoms with E-state index in [2.05, 4.69) is 29.1 Å². The predicted molar refractivity (Wildman–Crippen MR) is 114 cm³/mol. The fraction of sp³-hybridized carbons (Fsp3) is 0.208. The Balaban J connectivity index is 1.56. The second-order valence-electron chi connectivity index (χ2n) is 7.67. The van der Waals surface area contributed by atoms with Gasteiger partial charge in [-0.25, -0.2) is 9.18 Å². The van der Waals surface area contributed by atoms with E-state index in [-0.39, 0.29) is 25.6 Å². The molecule has 4 amide bonds. The van der Waals surface area contributed by atoms with E-state index in [9.17, 15) is 18.8 Å². The van der Waals surface area contributed by atoms with Crippen molar-refractivity contribution in [3.8, 4) is 17.6 Å². The summed E-state index contributed by atoms with van der Waals surface area (Å²) in [5.74, 6) is 4.89. The third-order valence-electron chi connectivity index (χ3n) is 5.27. The molecule has 0 radical (unpaired) electrons. The van der Waals surface area contributed by atoms with Gasteiger partial charge in [0.1, 0.15) is 18.2 Å². The molecule has 2 aliphatic heterocycles. The summed E-state index contributed by atoms with van der Waals surface area (Å²) in [4.78, 5) is 39.2. The molecule has 4 rings (SSSR count). The standard InChI is InChI=1S/C24H20FN3O4/c1-15(2)4-3-11-32-19-9-10-20-16(12-19)13-28(21(20)29)14-24(22(30)26-23(31)27-24)17-5-7-18(25)8-6-17/h5-10,12H,1,11,13-14H2,2H3,(H2,26,27,30,31)/t24-/m0/s1. The minimum absolute atomic E-state index is 0.107. The Morgan fingerprint density at radius 2 is 1.97 bits per heavy atom. The van der Waals surface area contributed by atoms with Crippen LogP contribution < -0.4 is 15.4 Å². The van der Waals surface area contributed by atoms with Crippen molar-refractivity contribution >= 4 is 17.8 Å². The van der Waals surface area contributed by atoms with E-state index in [4.69, 9.17) is 4.74 Å². The van der Waals surface area contributed by atoms with E-state index >= 15 is 0 Å². The van der Waals surface area contributed by atoms with Crippen LogP contribution in [0, 0.1) is 17.7 Å². The van der Waals surface area contributed by atoms with Crippen molar-refractivity contribution in [2.45, 2.75) is 19.0 Å². The van der Waals surface area contributed by atoms with Gasteiger partial charge in [-0.3, -0.25) is 14.9 Å². The van der Waals surface area contributed by atoms with Gasteiger partial charge in [-0.2, -0.15) is 0 Å². The number of rotatable bonds is 5. The number of amides is 4. The average molecular weight is 433 g/mol. The smallest absolute Gasteiger partial charge is 0.322 e. The van der Waals surface area contributed by atoms with Crippen molar-refractivity contribution < 1.29 is 23.5 Å². The zero-order valence-electron chi connectivity index (χ0n) is 17.3. The van der Waals surface area contributed by atoms with Crippen LogP contribution in [0.1, 0.15) is 28.4 Å². The summed E-state index contributed by atoms with van der Waals surface area (Å²) >= 11 is 0. The van der Waals surface area contributed by atoms with E-state index in [1.807, 2.05) is 0 Å². The van der Waals surface area contributed by atoms with Crippen LogP contribution >= 0.6 is 0 Å². The maximum absolute atomic E-state index is 13.4.